The Labute approximate surface area is 327 Å². The third-order valence-corrected chi connectivity index (χ3v) is 11.3. The molecule has 0 aromatic carbocycles. The molecule has 6 heteroatoms. The molecule has 0 fully saturated rings. The van der Waals surface area contributed by atoms with Crippen molar-refractivity contribution in [2.45, 2.75) is 232 Å². The van der Waals surface area contributed by atoms with Gasteiger partial charge in [-0.15, -0.1) is 0 Å². The highest BCUT2D eigenvalue weighted by Gasteiger charge is 2.14. The van der Waals surface area contributed by atoms with Crippen LogP contribution in [0.1, 0.15) is 226 Å². The number of aromatic nitrogens is 2. The topological polar surface area (TPSA) is 18.0 Å². The van der Waals surface area contributed by atoms with Crippen molar-refractivity contribution >= 4 is 22.7 Å². The average Bonchev–Trinajstić information content (AvgIpc) is 3.84. The molecule has 2 heterocycles. The van der Waals surface area contributed by atoms with Crippen LogP contribution >= 0.6 is 22.7 Å². The molecule has 0 aliphatic carbocycles. The molecular weight excluding hydrogens is 680 g/mol. The number of aromatic amines is 1. The van der Waals surface area contributed by atoms with Crippen LogP contribution in [0.4, 0.5) is 0 Å². The molecule has 2 aromatic rings. The molecule has 1 atom stereocenters. The number of hydrogen-bond acceptors (Lipinski definition) is 2. The van der Waals surface area contributed by atoms with Gasteiger partial charge in [0, 0.05) is 5.92 Å². The fourth-order valence-corrected chi connectivity index (χ4v) is 7.97. The summed E-state index contributed by atoms with van der Waals surface area (Å²) in [4.78, 5) is 2.88. The van der Waals surface area contributed by atoms with E-state index in [4.69, 9.17) is 0 Å². The van der Waals surface area contributed by atoms with Crippen molar-refractivity contribution in [3.05, 3.63) is 34.2 Å². The molecule has 0 aliphatic heterocycles. The van der Waals surface area contributed by atoms with Crippen molar-refractivity contribution in [2.75, 3.05) is 0 Å². The lowest BCUT2D eigenvalue weighted by atomic mass is 9.93. The first-order valence-electron chi connectivity index (χ1n) is 21.2. The van der Waals surface area contributed by atoms with Crippen molar-refractivity contribution in [3.8, 4) is 0 Å². The third-order valence-electron chi connectivity index (χ3n) is 10.1. The zero-order valence-electron chi connectivity index (χ0n) is 32.6. The first-order valence-corrected chi connectivity index (χ1v) is 23.0. The SMILES string of the molecule is CCCCCCCCCCCCCCCCCCC(CCCCCCCCCCCCCCCCC)C[n+]1ccsc1.[Cl-].[Cl-].c1csc[nH+]1. The first-order chi connectivity index (χ1) is 23.4. The fourth-order valence-electron chi connectivity index (χ4n) is 6.97. The molecule has 0 bridgehead atoms. The van der Waals surface area contributed by atoms with Crippen LogP contribution in [0.15, 0.2) is 34.2 Å². The number of rotatable bonds is 35. The van der Waals surface area contributed by atoms with E-state index in [1.165, 1.54) is 218 Å². The van der Waals surface area contributed by atoms with Crippen molar-refractivity contribution in [3.63, 3.8) is 0 Å². The molecular formula is C43H82Cl2N2S2. The van der Waals surface area contributed by atoms with E-state index in [-0.39, 0.29) is 24.8 Å². The van der Waals surface area contributed by atoms with Crippen molar-refractivity contribution in [2.24, 2.45) is 5.92 Å². The van der Waals surface area contributed by atoms with Crippen LogP contribution in [-0.2, 0) is 6.54 Å². The molecule has 49 heavy (non-hydrogen) atoms. The van der Waals surface area contributed by atoms with E-state index in [2.05, 4.69) is 40.5 Å². The Bertz CT molecular complexity index is 771. The van der Waals surface area contributed by atoms with Gasteiger partial charge >= 0.3 is 0 Å². The lowest BCUT2D eigenvalue weighted by molar-refractivity contribution is -0.698. The summed E-state index contributed by atoms with van der Waals surface area (Å²) in [5, 5.41) is 4.22. The molecule has 0 aliphatic rings. The van der Waals surface area contributed by atoms with Crippen LogP contribution in [0.25, 0.3) is 0 Å². The van der Waals surface area contributed by atoms with Crippen molar-refractivity contribution < 1.29 is 34.4 Å². The van der Waals surface area contributed by atoms with Gasteiger partial charge in [-0.1, -0.05) is 236 Å². The van der Waals surface area contributed by atoms with Gasteiger partial charge in [0.1, 0.15) is 0 Å². The van der Waals surface area contributed by atoms with E-state index in [9.17, 15) is 0 Å². The molecule has 2 nitrogen and oxygen atoms in total. The van der Waals surface area contributed by atoms with Crippen LogP contribution in [-0.4, -0.2) is 0 Å². The second kappa shape index (κ2) is 44.0. The zero-order valence-corrected chi connectivity index (χ0v) is 35.7. The Hall–Kier alpha value is -0.160. The maximum absolute atomic E-state index is 2.88. The molecule has 2 aromatic heterocycles. The molecule has 1 unspecified atom stereocenters. The summed E-state index contributed by atoms with van der Waals surface area (Å²) in [5.74, 6) is 0.887. The van der Waals surface area contributed by atoms with Gasteiger partial charge in [0.05, 0.1) is 10.8 Å². The van der Waals surface area contributed by atoms with E-state index in [1.807, 2.05) is 28.4 Å². The van der Waals surface area contributed by atoms with Crippen molar-refractivity contribution in [1.29, 1.82) is 0 Å². The van der Waals surface area contributed by atoms with Crippen LogP contribution < -0.4 is 34.4 Å². The predicted molar refractivity (Wildman–Crippen MR) is 213 cm³/mol. The van der Waals surface area contributed by atoms with E-state index >= 15 is 0 Å². The number of hydrogen-bond donors (Lipinski definition) is 0. The smallest absolute Gasteiger partial charge is 0.224 e. The Morgan fingerprint density at radius 3 is 1.04 bits per heavy atom. The first kappa shape index (κ1) is 50.9. The largest absolute Gasteiger partial charge is 1.00 e. The van der Waals surface area contributed by atoms with Crippen LogP contribution in [0.2, 0.25) is 0 Å². The molecule has 0 spiro atoms. The quantitative estimate of drug-likeness (QED) is 0.0493. The summed E-state index contributed by atoms with van der Waals surface area (Å²) in [7, 11) is 0. The Morgan fingerprint density at radius 2 is 0.796 bits per heavy atom. The van der Waals surface area contributed by atoms with Gasteiger partial charge < -0.3 is 24.8 Å². The summed E-state index contributed by atoms with van der Waals surface area (Å²) in [6.45, 7) is 5.87. The minimum Gasteiger partial charge on any atom is -1.00 e. The molecule has 0 amide bonds. The average molecular weight is 762 g/mol. The van der Waals surface area contributed by atoms with Gasteiger partial charge in [-0.2, -0.15) is 4.57 Å². The van der Waals surface area contributed by atoms with Crippen molar-refractivity contribution in [1.82, 2.24) is 0 Å². The van der Waals surface area contributed by atoms with Gasteiger partial charge in [0.15, 0.2) is 18.9 Å². The fraction of sp³-hybridized carbons (Fsp3) is 0.860. The maximum Gasteiger partial charge on any atom is 0.224 e. The monoisotopic (exact) mass is 761 g/mol. The van der Waals surface area contributed by atoms with Gasteiger partial charge in [-0.3, -0.25) is 0 Å². The number of thiazole rings is 2. The Balaban J connectivity index is 0. The summed E-state index contributed by atoms with van der Waals surface area (Å²) >= 11 is 3.50. The second-order valence-electron chi connectivity index (χ2n) is 14.6. The Kier molecular flexibility index (Phi) is 45.8. The van der Waals surface area contributed by atoms with Gasteiger partial charge in [-0.05, 0) is 12.8 Å². The van der Waals surface area contributed by atoms with Gasteiger partial charge in [0.2, 0.25) is 11.0 Å². The van der Waals surface area contributed by atoms with E-state index in [0.29, 0.717) is 0 Å². The number of H-pyrrole nitrogens is 1. The highest BCUT2D eigenvalue weighted by molar-refractivity contribution is 7.07. The minimum atomic E-state index is 0. The standard InChI is InChI=1S/C40H78NS.C3H3NS.2ClH/c1-3-5-7-9-11-13-15-17-19-21-23-25-27-29-31-33-35-40(38-41-36-37-42-39-41)34-32-30-28-26-24-22-20-18-16-14-12-10-8-6-4-2;1-2-5-3-4-1;;/h36-37,39-40H,3-35,38H2,1-2H3;1-3H;2*1H/q+1;;;/p-1. The highest BCUT2D eigenvalue weighted by atomic mass is 35.5. The molecule has 0 saturated heterocycles. The molecule has 0 radical (unpaired) electrons. The van der Waals surface area contributed by atoms with Gasteiger partial charge in [-0.25, -0.2) is 4.98 Å². The summed E-state index contributed by atoms with van der Waals surface area (Å²) < 4.78 is 2.45. The molecule has 0 saturated carbocycles. The summed E-state index contributed by atoms with van der Waals surface area (Å²) in [6, 6.07) is 0. The molecule has 1 N–H and O–H groups in total. The van der Waals surface area contributed by atoms with Crippen LogP contribution in [0.5, 0.6) is 0 Å². The second-order valence-corrected chi connectivity index (χ2v) is 16.2. The van der Waals surface area contributed by atoms with Crippen LogP contribution in [0, 0.1) is 5.92 Å². The third kappa shape index (κ3) is 38.9. The Morgan fingerprint density at radius 1 is 0.449 bits per heavy atom. The number of unbranched alkanes of at least 4 members (excludes halogenated alkanes) is 29. The van der Waals surface area contributed by atoms with Crippen LogP contribution in [0.3, 0.4) is 0 Å². The van der Waals surface area contributed by atoms with E-state index in [1.54, 1.807) is 11.3 Å². The lowest BCUT2D eigenvalue weighted by Gasteiger charge is -2.13. The molecule has 290 valence electrons. The van der Waals surface area contributed by atoms with Gasteiger partial charge in [0.25, 0.3) is 0 Å². The maximum atomic E-state index is 2.88. The predicted octanol–water partition coefficient (Wildman–Crippen LogP) is 9.14. The normalized spacial score (nSPS) is 11.4. The molecule has 2 rings (SSSR count). The minimum absolute atomic E-state index is 0. The zero-order chi connectivity index (χ0) is 33.6. The summed E-state index contributed by atoms with van der Waals surface area (Å²) in [6.07, 6.45) is 52.5. The number of nitrogens with one attached hydrogen (secondary N) is 1. The highest BCUT2D eigenvalue weighted by Crippen LogP contribution is 2.21. The number of nitrogens with zero attached hydrogens (tertiary/aromatic N) is 1. The summed E-state index contributed by atoms with van der Waals surface area (Å²) in [5.41, 5.74) is 4.23. The lowest BCUT2D eigenvalue weighted by Crippen LogP contribution is -3.00. The number of halogens is 2. The van der Waals surface area contributed by atoms with E-state index in [0.717, 1.165) is 5.92 Å². The van der Waals surface area contributed by atoms with E-state index < -0.39 is 0 Å².